The van der Waals surface area contributed by atoms with Crippen molar-refractivity contribution in [3.63, 3.8) is 0 Å². The largest absolute Gasteiger partial charge is 0.335 e. The maximum Gasteiger partial charge on any atom is 0.272 e. The van der Waals surface area contributed by atoms with Crippen molar-refractivity contribution in [2.45, 2.75) is 6.54 Å². The molecule has 0 aromatic carbocycles. The molecule has 2 rings (SSSR count). The molecule has 16 heavy (non-hydrogen) atoms. The molecule has 2 heterocycles. The lowest BCUT2D eigenvalue weighted by Gasteiger charge is -2.15. The number of rotatable bonds is 3. The predicted molar refractivity (Wildman–Crippen MR) is 64.4 cm³/mol. The van der Waals surface area contributed by atoms with Gasteiger partial charge in [0.2, 0.25) is 0 Å². The number of aromatic nitrogens is 1. The number of hydrogen-bond donors (Lipinski definition) is 0. The van der Waals surface area contributed by atoms with Crippen molar-refractivity contribution >= 4 is 17.2 Å². The summed E-state index contributed by atoms with van der Waals surface area (Å²) in [4.78, 5) is 18.8. The molecule has 0 bridgehead atoms. The van der Waals surface area contributed by atoms with E-state index >= 15 is 0 Å². The van der Waals surface area contributed by atoms with Crippen LogP contribution in [0.2, 0.25) is 0 Å². The van der Waals surface area contributed by atoms with Crippen LogP contribution in [0.25, 0.3) is 0 Å². The number of thiophene rings is 1. The van der Waals surface area contributed by atoms with E-state index in [1.807, 2.05) is 23.6 Å². The topological polar surface area (TPSA) is 33.2 Å². The molecule has 1 amide bonds. The first-order chi connectivity index (χ1) is 7.77. The number of hydrogen-bond acceptors (Lipinski definition) is 3. The van der Waals surface area contributed by atoms with Crippen molar-refractivity contribution in [2.75, 3.05) is 7.05 Å². The van der Waals surface area contributed by atoms with Crippen molar-refractivity contribution in [3.8, 4) is 0 Å². The van der Waals surface area contributed by atoms with E-state index in [9.17, 15) is 4.79 Å². The lowest BCUT2D eigenvalue weighted by atomic mass is 10.3. The molecule has 0 aliphatic carbocycles. The van der Waals surface area contributed by atoms with Crippen LogP contribution in [-0.2, 0) is 6.54 Å². The summed E-state index contributed by atoms with van der Waals surface area (Å²) in [7, 11) is 1.79. The Balaban J connectivity index is 2.05. The molecular weight excluding hydrogens is 220 g/mol. The Morgan fingerprint density at radius 3 is 2.88 bits per heavy atom. The van der Waals surface area contributed by atoms with Gasteiger partial charge in [-0.1, -0.05) is 12.1 Å². The van der Waals surface area contributed by atoms with Crippen LogP contribution in [0.4, 0.5) is 0 Å². The lowest BCUT2D eigenvalue weighted by Crippen LogP contribution is -2.26. The average molecular weight is 232 g/mol. The van der Waals surface area contributed by atoms with E-state index in [1.54, 1.807) is 41.6 Å². The number of nitrogens with zero attached hydrogens (tertiary/aromatic N) is 2. The third-order valence-electron chi connectivity index (χ3n) is 2.20. The molecule has 0 N–H and O–H groups in total. The molecule has 0 radical (unpaired) electrons. The first kappa shape index (κ1) is 10.8. The van der Waals surface area contributed by atoms with Gasteiger partial charge in [0.05, 0.1) is 6.54 Å². The molecule has 4 heteroatoms. The van der Waals surface area contributed by atoms with E-state index in [0.717, 1.165) is 0 Å². The zero-order valence-corrected chi connectivity index (χ0v) is 9.78. The SMILES string of the molecule is CN(Cc1cccs1)C(=O)c1ccccn1. The van der Waals surface area contributed by atoms with Gasteiger partial charge in [-0.25, -0.2) is 0 Å². The van der Waals surface area contributed by atoms with Crippen LogP contribution in [0.15, 0.2) is 41.9 Å². The molecule has 0 aliphatic rings. The molecule has 0 saturated carbocycles. The Morgan fingerprint density at radius 2 is 2.25 bits per heavy atom. The number of carbonyl (C=O) groups excluding carboxylic acids is 1. The zero-order chi connectivity index (χ0) is 11.4. The molecule has 0 fully saturated rings. The molecule has 0 saturated heterocycles. The molecule has 2 aromatic rings. The summed E-state index contributed by atoms with van der Waals surface area (Å²) in [6, 6.07) is 9.36. The Bertz CT molecular complexity index is 453. The van der Waals surface area contributed by atoms with Crippen LogP contribution >= 0.6 is 11.3 Å². The molecule has 3 nitrogen and oxygen atoms in total. The first-order valence-corrected chi connectivity index (χ1v) is 5.84. The molecule has 0 atom stereocenters. The van der Waals surface area contributed by atoms with E-state index in [-0.39, 0.29) is 5.91 Å². The summed E-state index contributed by atoms with van der Waals surface area (Å²) in [5.74, 6) is -0.0472. The van der Waals surface area contributed by atoms with Crippen LogP contribution in [0.3, 0.4) is 0 Å². The highest BCUT2D eigenvalue weighted by molar-refractivity contribution is 7.09. The smallest absolute Gasteiger partial charge is 0.272 e. The Hall–Kier alpha value is -1.68. The van der Waals surface area contributed by atoms with E-state index < -0.39 is 0 Å². The van der Waals surface area contributed by atoms with Gasteiger partial charge in [-0.05, 0) is 23.6 Å². The quantitative estimate of drug-likeness (QED) is 0.814. The normalized spacial score (nSPS) is 10.1. The third-order valence-corrected chi connectivity index (χ3v) is 3.06. The van der Waals surface area contributed by atoms with Gasteiger partial charge in [0.1, 0.15) is 5.69 Å². The van der Waals surface area contributed by atoms with E-state index in [1.165, 1.54) is 4.88 Å². The highest BCUT2D eigenvalue weighted by Crippen LogP contribution is 2.12. The second-order valence-electron chi connectivity index (χ2n) is 3.46. The molecule has 0 aliphatic heterocycles. The van der Waals surface area contributed by atoms with Crippen LogP contribution in [-0.4, -0.2) is 22.8 Å². The summed E-state index contributed by atoms with van der Waals surface area (Å²) >= 11 is 1.65. The number of pyridine rings is 1. The van der Waals surface area contributed by atoms with E-state index in [4.69, 9.17) is 0 Å². The van der Waals surface area contributed by atoms with Crippen molar-refractivity contribution in [2.24, 2.45) is 0 Å². The minimum Gasteiger partial charge on any atom is -0.335 e. The standard InChI is InChI=1S/C12H12N2OS/c1-14(9-10-5-4-8-16-10)12(15)11-6-2-3-7-13-11/h2-8H,9H2,1H3. The van der Waals surface area contributed by atoms with Gasteiger partial charge in [0.15, 0.2) is 0 Å². The summed E-state index contributed by atoms with van der Waals surface area (Å²) in [6.07, 6.45) is 1.63. The highest BCUT2D eigenvalue weighted by atomic mass is 32.1. The van der Waals surface area contributed by atoms with Crippen molar-refractivity contribution < 1.29 is 4.79 Å². The van der Waals surface area contributed by atoms with Crippen LogP contribution in [0.5, 0.6) is 0 Å². The molecule has 2 aromatic heterocycles. The molecular formula is C12H12N2OS. The fraction of sp³-hybridized carbons (Fsp3) is 0.167. The van der Waals surface area contributed by atoms with E-state index in [0.29, 0.717) is 12.2 Å². The van der Waals surface area contributed by atoms with Crippen molar-refractivity contribution in [1.82, 2.24) is 9.88 Å². The maximum atomic E-state index is 11.9. The Kier molecular flexibility index (Phi) is 3.31. The van der Waals surface area contributed by atoms with Gasteiger partial charge in [-0.3, -0.25) is 9.78 Å². The zero-order valence-electron chi connectivity index (χ0n) is 8.96. The van der Waals surface area contributed by atoms with Gasteiger partial charge < -0.3 is 4.90 Å². The minimum atomic E-state index is -0.0472. The van der Waals surface area contributed by atoms with Crippen molar-refractivity contribution in [3.05, 3.63) is 52.5 Å². The second kappa shape index (κ2) is 4.90. The van der Waals surface area contributed by atoms with Crippen LogP contribution in [0.1, 0.15) is 15.4 Å². The third kappa shape index (κ3) is 2.46. The average Bonchev–Trinajstić information content (AvgIpc) is 2.82. The lowest BCUT2D eigenvalue weighted by molar-refractivity contribution is 0.0780. The van der Waals surface area contributed by atoms with Gasteiger partial charge in [-0.15, -0.1) is 11.3 Å². The van der Waals surface area contributed by atoms with Crippen LogP contribution < -0.4 is 0 Å². The minimum absolute atomic E-state index is 0.0472. The fourth-order valence-electron chi connectivity index (χ4n) is 1.39. The van der Waals surface area contributed by atoms with Crippen LogP contribution in [0, 0.1) is 0 Å². The molecule has 0 spiro atoms. The monoisotopic (exact) mass is 232 g/mol. The maximum absolute atomic E-state index is 11.9. The molecule has 82 valence electrons. The molecule has 0 unspecified atom stereocenters. The summed E-state index contributed by atoms with van der Waals surface area (Å²) < 4.78 is 0. The van der Waals surface area contributed by atoms with E-state index in [2.05, 4.69) is 4.98 Å². The van der Waals surface area contributed by atoms with Gasteiger partial charge >= 0.3 is 0 Å². The van der Waals surface area contributed by atoms with Gasteiger partial charge in [0.25, 0.3) is 5.91 Å². The van der Waals surface area contributed by atoms with Gasteiger partial charge in [-0.2, -0.15) is 0 Å². The highest BCUT2D eigenvalue weighted by Gasteiger charge is 2.12. The predicted octanol–water partition coefficient (Wildman–Crippen LogP) is 2.42. The number of carbonyl (C=O) groups is 1. The van der Waals surface area contributed by atoms with Crippen molar-refractivity contribution in [1.29, 1.82) is 0 Å². The summed E-state index contributed by atoms with van der Waals surface area (Å²) in [6.45, 7) is 0.632. The Morgan fingerprint density at radius 1 is 1.38 bits per heavy atom. The summed E-state index contributed by atoms with van der Waals surface area (Å²) in [5.41, 5.74) is 0.488. The van der Waals surface area contributed by atoms with Gasteiger partial charge in [0, 0.05) is 18.1 Å². The summed E-state index contributed by atoms with van der Waals surface area (Å²) in [5, 5.41) is 2.01. The number of amides is 1. The Labute approximate surface area is 98.4 Å². The first-order valence-electron chi connectivity index (χ1n) is 4.96. The second-order valence-corrected chi connectivity index (χ2v) is 4.49. The fourth-order valence-corrected chi connectivity index (χ4v) is 2.15.